The normalized spacial score (nSPS) is 12.5. The number of aromatic nitrogens is 1. The number of aryl methyl sites for hydroxylation is 2. The van der Waals surface area contributed by atoms with Crippen LogP contribution in [0.1, 0.15) is 25.0 Å². The summed E-state index contributed by atoms with van der Waals surface area (Å²) in [5.74, 6) is -0.0877. The van der Waals surface area contributed by atoms with E-state index in [0.717, 1.165) is 11.3 Å². The van der Waals surface area contributed by atoms with Gasteiger partial charge in [-0.2, -0.15) is 0 Å². The van der Waals surface area contributed by atoms with Crippen LogP contribution in [0.5, 0.6) is 0 Å². The number of anilines is 1. The van der Waals surface area contributed by atoms with Crippen molar-refractivity contribution in [3.63, 3.8) is 0 Å². The maximum absolute atomic E-state index is 11.9. The molecule has 0 aliphatic heterocycles. The molecule has 1 aromatic heterocycles. The Bertz CT molecular complexity index is 649. The summed E-state index contributed by atoms with van der Waals surface area (Å²) in [6.07, 6.45) is 0. The number of hydrogen-bond acceptors (Lipinski definition) is 4. The minimum atomic E-state index is -0.515. The largest absolute Gasteiger partial charge is 0.320 e. The van der Waals surface area contributed by atoms with Crippen LogP contribution < -0.4 is 11.1 Å². The Kier molecular flexibility index (Phi) is 4.75. The third kappa shape index (κ3) is 3.68. The van der Waals surface area contributed by atoms with Gasteiger partial charge in [-0.3, -0.25) is 4.79 Å². The topological polar surface area (TPSA) is 68.0 Å². The summed E-state index contributed by atoms with van der Waals surface area (Å²) in [6, 6.07) is 5.74. The van der Waals surface area contributed by atoms with Gasteiger partial charge in [-0.15, -0.1) is 11.3 Å². The molecular formula is C16H21N3OS. The van der Waals surface area contributed by atoms with Crippen LogP contribution in [0.4, 0.5) is 5.13 Å². The lowest BCUT2D eigenvalue weighted by Crippen LogP contribution is -2.39. The van der Waals surface area contributed by atoms with Crippen molar-refractivity contribution in [2.45, 2.75) is 33.7 Å². The van der Waals surface area contributed by atoms with Gasteiger partial charge in [0.2, 0.25) is 5.91 Å². The highest BCUT2D eigenvalue weighted by atomic mass is 32.1. The standard InChI is InChI=1S/C16H21N3OS/c1-9(2)14(17)15(20)19-16-18-13(8-21-16)12-6-5-10(3)7-11(12)4/h5-9,14H,17H2,1-4H3,(H,18,19,20)/t14-/m0/s1. The van der Waals surface area contributed by atoms with E-state index in [9.17, 15) is 4.79 Å². The van der Waals surface area contributed by atoms with E-state index < -0.39 is 6.04 Å². The van der Waals surface area contributed by atoms with Gasteiger partial charge in [0, 0.05) is 10.9 Å². The molecule has 0 fully saturated rings. The van der Waals surface area contributed by atoms with Crippen molar-refractivity contribution in [1.29, 1.82) is 0 Å². The van der Waals surface area contributed by atoms with E-state index in [1.54, 1.807) is 0 Å². The maximum Gasteiger partial charge on any atom is 0.243 e. The highest BCUT2D eigenvalue weighted by molar-refractivity contribution is 7.14. The molecule has 2 rings (SSSR count). The first-order chi connectivity index (χ1) is 9.88. The average molecular weight is 303 g/mol. The van der Waals surface area contributed by atoms with Gasteiger partial charge in [0.25, 0.3) is 0 Å². The Labute approximate surface area is 129 Å². The quantitative estimate of drug-likeness (QED) is 0.910. The van der Waals surface area contributed by atoms with Gasteiger partial charge in [-0.25, -0.2) is 4.98 Å². The fourth-order valence-electron chi connectivity index (χ4n) is 2.05. The first-order valence-corrected chi connectivity index (χ1v) is 7.86. The zero-order valence-corrected chi connectivity index (χ0v) is 13.6. The van der Waals surface area contributed by atoms with Crippen LogP contribution in [-0.2, 0) is 4.79 Å². The lowest BCUT2D eigenvalue weighted by atomic mass is 10.0. The second-order valence-electron chi connectivity index (χ2n) is 5.62. The molecule has 0 spiro atoms. The summed E-state index contributed by atoms with van der Waals surface area (Å²) < 4.78 is 0. The van der Waals surface area contributed by atoms with Gasteiger partial charge in [-0.05, 0) is 25.3 Å². The van der Waals surface area contributed by atoms with Crippen LogP contribution in [0.15, 0.2) is 23.6 Å². The van der Waals surface area contributed by atoms with E-state index in [0.29, 0.717) is 5.13 Å². The fourth-order valence-corrected chi connectivity index (χ4v) is 2.76. The average Bonchev–Trinajstić information content (AvgIpc) is 2.85. The van der Waals surface area contributed by atoms with Crippen molar-refractivity contribution in [2.24, 2.45) is 11.7 Å². The van der Waals surface area contributed by atoms with E-state index in [2.05, 4.69) is 42.3 Å². The Hall–Kier alpha value is -1.72. The summed E-state index contributed by atoms with van der Waals surface area (Å²) in [4.78, 5) is 16.4. The molecule has 0 aliphatic rings. The Morgan fingerprint density at radius 1 is 1.33 bits per heavy atom. The second-order valence-corrected chi connectivity index (χ2v) is 6.47. The molecule has 0 saturated heterocycles. The van der Waals surface area contributed by atoms with Crippen LogP contribution in [0, 0.1) is 19.8 Å². The molecule has 0 unspecified atom stereocenters. The molecule has 0 saturated carbocycles. The maximum atomic E-state index is 11.9. The molecule has 4 nitrogen and oxygen atoms in total. The summed E-state index contributed by atoms with van der Waals surface area (Å²) >= 11 is 1.42. The Balaban J connectivity index is 2.17. The summed E-state index contributed by atoms with van der Waals surface area (Å²) in [5.41, 5.74) is 10.2. The van der Waals surface area contributed by atoms with Crippen LogP contribution in [0.25, 0.3) is 11.3 Å². The zero-order chi connectivity index (χ0) is 15.6. The van der Waals surface area contributed by atoms with Gasteiger partial charge >= 0.3 is 0 Å². The lowest BCUT2D eigenvalue weighted by molar-refractivity contribution is -0.118. The molecule has 0 radical (unpaired) electrons. The molecule has 3 N–H and O–H groups in total. The molecule has 0 bridgehead atoms. The summed E-state index contributed by atoms with van der Waals surface area (Å²) in [6.45, 7) is 7.98. The molecule has 1 heterocycles. The van der Waals surface area contributed by atoms with Crippen molar-refractivity contribution < 1.29 is 4.79 Å². The van der Waals surface area contributed by atoms with Crippen LogP contribution >= 0.6 is 11.3 Å². The number of carbonyl (C=O) groups is 1. The number of nitrogens with zero attached hydrogens (tertiary/aromatic N) is 1. The number of nitrogens with one attached hydrogen (secondary N) is 1. The number of benzene rings is 1. The third-order valence-electron chi connectivity index (χ3n) is 3.41. The molecular weight excluding hydrogens is 282 g/mol. The number of rotatable bonds is 4. The first-order valence-electron chi connectivity index (χ1n) is 6.98. The Morgan fingerprint density at radius 2 is 2.05 bits per heavy atom. The number of amides is 1. The number of nitrogens with two attached hydrogens (primary N) is 1. The predicted octanol–water partition coefficient (Wildman–Crippen LogP) is 3.35. The van der Waals surface area contributed by atoms with Crippen molar-refractivity contribution in [2.75, 3.05) is 5.32 Å². The minimum Gasteiger partial charge on any atom is -0.320 e. The molecule has 5 heteroatoms. The minimum absolute atomic E-state index is 0.101. The van der Waals surface area contributed by atoms with E-state index >= 15 is 0 Å². The van der Waals surface area contributed by atoms with E-state index in [4.69, 9.17) is 5.73 Å². The lowest BCUT2D eigenvalue weighted by Gasteiger charge is -2.13. The highest BCUT2D eigenvalue weighted by Gasteiger charge is 2.18. The second kappa shape index (κ2) is 6.37. The van der Waals surface area contributed by atoms with Crippen molar-refractivity contribution in [3.8, 4) is 11.3 Å². The van der Waals surface area contributed by atoms with Gasteiger partial charge < -0.3 is 11.1 Å². The molecule has 1 atom stereocenters. The first kappa shape index (κ1) is 15.7. The van der Waals surface area contributed by atoms with Gasteiger partial charge in [0.05, 0.1) is 11.7 Å². The third-order valence-corrected chi connectivity index (χ3v) is 4.17. The van der Waals surface area contributed by atoms with E-state index in [1.165, 1.54) is 22.5 Å². The van der Waals surface area contributed by atoms with Crippen LogP contribution in [0.3, 0.4) is 0 Å². The van der Waals surface area contributed by atoms with Gasteiger partial charge in [0.1, 0.15) is 0 Å². The molecule has 0 aliphatic carbocycles. The Morgan fingerprint density at radius 3 is 2.67 bits per heavy atom. The smallest absolute Gasteiger partial charge is 0.243 e. The number of thiazole rings is 1. The SMILES string of the molecule is Cc1ccc(-c2csc(NC(=O)[C@@H](N)C(C)C)n2)c(C)c1. The van der Waals surface area contributed by atoms with Crippen molar-refractivity contribution >= 4 is 22.4 Å². The zero-order valence-electron chi connectivity index (χ0n) is 12.8. The molecule has 112 valence electrons. The summed E-state index contributed by atoms with van der Waals surface area (Å²) in [7, 11) is 0. The highest BCUT2D eigenvalue weighted by Crippen LogP contribution is 2.28. The van der Waals surface area contributed by atoms with Crippen LogP contribution in [0.2, 0.25) is 0 Å². The van der Waals surface area contributed by atoms with E-state index in [-0.39, 0.29) is 11.8 Å². The molecule has 21 heavy (non-hydrogen) atoms. The van der Waals surface area contributed by atoms with Gasteiger partial charge in [-0.1, -0.05) is 37.6 Å². The van der Waals surface area contributed by atoms with Crippen LogP contribution in [-0.4, -0.2) is 16.9 Å². The van der Waals surface area contributed by atoms with Crippen molar-refractivity contribution in [1.82, 2.24) is 4.98 Å². The summed E-state index contributed by atoms with van der Waals surface area (Å²) in [5, 5.41) is 5.33. The van der Waals surface area contributed by atoms with Gasteiger partial charge in [0.15, 0.2) is 5.13 Å². The fraction of sp³-hybridized carbons (Fsp3) is 0.375. The number of hydrogen-bond donors (Lipinski definition) is 2. The number of carbonyl (C=O) groups excluding carboxylic acids is 1. The monoisotopic (exact) mass is 303 g/mol. The predicted molar refractivity (Wildman–Crippen MR) is 88.5 cm³/mol. The van der Waals surface area contributed by atoms with Crippen molar-refractivity contribution in [3.05, 3.63) is 34.7 Å². The molecule has 1 amide bonds. The molecule has 2 aromatic rings. The van der Waals surface area contributed by atoms with E-state index in [1.807, 2.05) is 19.2 Å². The molecule has 1 aromatic carbocycles.